The first-order chi connectivity index (χ1) is 22.1. The maximum absolute atomic E-state index is 11.1. The molecule has 0 aromatic carbocycles. The molecule has 0 radical (unpaired) electrons. The van der Waals surface area contributed by atoms with Crippen LogP contribution in [0.25, 0.3) is 22.6 Å². The maximum Gasteiger partial charge on any atom is 0.186 e. The molecule has 8 rings (SSSR count). The highest BCUT2D eigenvalue weighted by Crippen LogP contribution is 2.55. The van der Waals surface area contributed by atoms with Crippen molar-refractivity contribution in [2.75, 3.05) is 37.3 Å². The van der Waals surface area contributed by atoms with Crippen LogP contribution in [0.15, 0.2) is 10.7 Å². The zero-order valence-corrected chi connectivity index (χ0v) is 27.5. The van der Waals surface area contributed by atoms with E-state index < -0.39 is 17.1 Å². The van der Waals surface area contributed by atoms with Crippen LogP contribution in [0.3, 0.4) is 0 Å². The van der Waals surface area contributed by atoms with Crippen molar-refractivity contribution in [2.24, 2.45) is 0 Å². The van der Waals surface area contributed by atoms with Crippen LogP contribution in [0.1, 0.15) is 92.2 Å². The highest BCUT2D eigenvalue weighted by Gasteiger charge is 2.49. The van der Waals surface area contributed by atoms with E-state index in [0.29, 0.717) is 46.9 Å². The number of thiophene rings is 1. The largest absolute Gasteiger partial charge is 0.390 e. The van der Waals surface area contributed by atoms with Crippen LogP contribution in [0, 0.1) is 11.3 Å². The molecule has 2 fully saturated rings. The van der Waals surface area contributed by atoms with E-state index in [1.165, 1.54) is 16.2 Å². The summed E-state index contributed by atoms with van der Waals surface area (Å²) in [5, 5.41) is 42.7. The zero-order chi connectivity index (χ0) is 32.0. The molecule has 4 aromatic rings. The third-order valence-corrected chi connectivity index (χ3v) is 12.3. The Hall–Kier alpha value is -3.57. The van der Waals surface area contributed by atoms with Crippen molar-refractivity contribution >= 4 is 33.2 Å². The molecule has 1 spiro atoms. The minimum atomic E-state index is -1.29. The predicted octanol–water partition coefficient (Wildman–Crippen LogP) is 3.93. The number of aromatic nitrogens is 5. The lowest BCUT2D eigenvalue weighted by Gasteiger charge is -2.41. The summed E-state index contributed by atoms with van der Waals surface area (Å²) in [4.78, 5) is 15.9. The summed E-state index contributed by atoms with van der Waals surface area (Å²) >= 11 is 1.53. The van der Waals surface area contributed by atoms with Gasteiger partial charge in [0.15, 0.2) is 22.9 Å². The van der Waals surface area contributed by atoms with Crippen molar-refractivity contribution in [2.45, 2.75) is 101 Å². The van der Waals surface area contributed by atoms with Crippen LogP contribution < -0.4 is 10.6 Å². The van der Waals surface area contributed by atoms with Gasteiger partial charge in [-0.3, -0.25) is 0 Å². The van der Waals surface area contributed by atoms with Crippen molar-refractivity contribution in [3.05, 3.63) is 33.5 Å². The van der Waals surface area contributed by atoms with Gasteiger partial charge in [0.2, 0.25) is 0 Å². The first-order valence-corrected chi connectivity index (χ1v) is 17.4. The average molecular weight is 644 g/mol. The van der Waals surface area contributed by atoms with E-state index in [0.717, 1.165) is 85.8 Å². The van der Waals surface area contributed by atoms with Gasteiger partial charge in [0, 0.05) is 23.0 Å². The Bertz CT molecular complexity index is 1870. The third kappa shape index (κ3) is 4.33. The SMILES string of the molecule is CC(C1CCCN1C)n1ncc2c(N3CCC(O)C(C)(O)C3)nc(-c3noc4c3CCCC43CCCc4sc(N)c(C#N)c43)nc21. The fraction of sp³-hybridized carbons (Fsp3) is 0.606. The highest BCUT2D eigenvalue weighted by molar-refractivity contribution is 7.16. The number of β-amino-alcohol motifs (C(OH)–C–C–N with tert-alkyl or cyclic N) is 1. The predicted molar refractivity (Wildman–Crippen MR) is 175 cm³/mol. The second-order valence-electron chi connectivity index (χ2n) is 14.1. The van der Waals surface area contributed by atoms with E-state index in [9.17, 15) is 15.5 Å². The molecule has 4 aliphatic rings. The number of aryl methyl sites for hydroxylation is 1. The molecule has 13 heteroatoms. The first-order valence-electron chi connectivity index (χ1n) is 16.5. The van der Waals surface area contributed by atoms with Gasteiger partial charge in [0.05, 0.1) is 41.3 Å². The molecule has 0 bridgehead atoms. The van der Waals surface area contributed by atoms with Crippen molar-refractivity contribution in [3.63, 3.8) is 0 Å². The van der Waals surface area contributed by atoms with E-state index in [-0.39, 0.29) is 12.6 Å². The molecule has 46 heavy (non-hydrogen) atoms. The number of aliphatic hydroxyl groups is 2. The molecule has 2 aliphatic heterocycles. The van der Waals surface area contributed by atoms with E-state index in [1.807, 2.05) is 15.8 Å². The summed E-state index contributed by atoms with van der Waals surface area (Å²) in [6.45, 7) is 5.69. The number of rotatable bonds is 4. The fourth-order valence-corrected chi connectivity index (χ4v) is 9.98. The fourth-order valence-electron chi connectivity index (χ4n) is 8.82. The smallest absolute Gasteiger partial charge is 0.186 e. The number of nitrogens with two attached hydrogens (primary N) is 1. The van der Waals surface area contributed by atoms with Crippen molar-refractivity contribution in [1.29, 1.82) is 5.26 Å². The number of nitrogens with zero attached hydrogens (tertiary/aromatic N) is 8. The molecule has 4 N–H and O–H groups in total. The van der Waals surface area contributed by atoms with Gasteiger partial charge >= 0.3 is 0 Å². The molecule has 5 unspecified atom stereocenters. The minimum absolute atomic E-state index is 0.0792. The van der Waals surface area contributed by atoms with Gasteiger partial charge in [-0.15, -0.1) is 11.3 Å². The van der Waals surface area contributed by atoms with Crippen LogP contribution in [0.4, 0.5) is 10.8 Å². The van der Waals surface area contributed by atoms with Crippen molar-refractivity contribution < 1.29 is 14.7 Å². The lowest BCUT2D eigenvalue weighted by atomic mass is 9.63. The van der Waals surface area contributed by atoms with E-state index in [1.54, 1.807) is 6.92 Å². The number of aliphatic hydroxyl groups excluding tert-OH is 1. The van der Waals surface area contributed by atoms with Crippen molar-refractivity contribution in [1.82, 2.24) is 29.8 Å². The summed E-state index contributed by atoms with van der Waals surface area (Å²) in [6.07, 6.45) is 9.04. The Labute approximate surface area is 271 Å². The van der Waals surface area contributed by atoms with Gasteiger partial charge < -0.3 is 30.3 Å². The number of hydrogen-bond donors (Lipinski definition) is 3. The number of hydrogen-bond acceptors (Lipinski definition) is 12. The van der Waals surface area contributed by atoms with Crippen LogP contribution in [0.2, 0.25) is 0 Å². The Morgan fingerprint density at radius 3 is 2.72 bits per heavy atom. The van der Waals surface area contributed by atoms with Gasteiger partial charge in [-0.2, -0.15) is 10.4 Å². The Kier molecular flexibility index (Phi) is 6.96. The number of nitrogen functional groups attached to an aromatic ring is 1. The topological polar surface area (TPSA) is 166 Å². The number of fused-ring (bicyclic) bond motifs is 5. The van der Waals surface area contributed by atoms with Gasteiger partial charge in [0.25, 0.3) is 0 Å². The third-order valence-electron chi connectivity index (χ3n) is 11.2. The first kappa shape index (κ1) is 29.8. The number of piperidine rings is 1. The van der Waals surface area contributed by atoms with E-state index in [4.69, 9.17) is 25.3 Å². The second kappa shape index (κ2) is 10.7. The Morgan fingerprint density at radius 1 is 1.17 bits per heavy atom. The van der Waals surface area contributed by atoms with Crippen LogP contribution in [-0.4, -0.2) is 84.4 Å². The molecule has 6 heterocycles. The van der Waals surface area contributed by atoms with E-state index >= 15 is 0 Å². The minimum Gasteiger partial charge on any atom is -0.390 e. The number of anilines is 2. The standard InChI is InChI=1S/C33H41N9O3S/c1-18(22-8-6-13-40(22)3)42-31-21(16-36-42)30(41-14-10-24(43)32(2,44)17-41)37-29(38-31)26-19-7-4-11-33(27(19)45-39-26)12-5-9-23-25(33)20(15-34)28(35)46-23/h16,18,22,24,43-44H,4-14,17,35H2,1-3H3. The van der Waals surface area contributed by atoms with Crippen LogP contribution >= 0.6 is 11.3 Å². The number of likely N-dealkylation sites (tertiary alicyclic amines) is 1. The van der Waals surface area contributed by atoms with E-state index in [2.05, 4.69) is 30.1 Å². The molecule has 2 aliphatic carbocycles. The molecule has 2 saturated heterocycles. The average Bonchev–Trinajstić information content (AvgIpc) is 3.83. The summed E-state index contributed by atoms with van der Waals surface area (Å²) in [5.41, 5.74) is 8.59. The molecular weight excluding hydrogens is 602 g/mol. The monoisotopic (exact) mass is 643 g/mol. The molecule has 12 nitrogen and oxygen atoms in total. The molecule has 0 amide bonds. The number of nitriles is 1. The highest BCUT2D eigenvalue weighted by atomic mass is 32.1. The maximum atomic E-state index is 11.1. The summed E-state index contributed by atoms with van der Waals surface area (Å²) in [6, 6.07) is 2.82. The van der Waals surface area contributed by atoms with Gasteiger partial charge in [-0.25, -0.2) is 14.6 Å². The Balaban J connectivity index is 1.29. The Morgan fingerprint density at radius 2 is 1.98 bits per heavy atom. The molecule has 0 saturated carbocycles. The lowest BCUT2D eigenvalue weighted by molar-refractivity contribution is -0.0692. The van der Waals surface area contributed by atoms with Crippen LogP contribution in [-0.2, 0) is 18.3 Å². The summed E-state index contributed by atoms with van der Waals surface area (Å²) < 4.78 is 8.32. The van der Waals surface area contributed by atoms with Gasteiger partial charge in [-0.1, -0.05) is 5.16 Å². The van der Waals surface area contributed by atoms with Crippen molar-refractivity contribution in [3.8, 4) is 17.6 Å². The summed E-state index contributed by atoms with van der Waals surface area (Å²) in [5.74, 6) is 1.95. The van der Waals surface area contributed by atoms with Gasteiger partial charge in [0.1, 0.15) is 22.5 Å². The molecule has 4 aromatic heterocycles. The quantitative estimate of drug-likeness (QED) is 0.295. The number of likely N-dealkylation sites (N-methyl/N-ethyl adjacent to an activating group) is 1. The van der Waals surface area contributed by atoms with Gasteiger partial charge in [-0.05, 0) is 90.8 Å². The summed E-state index contributed by atoms with van der Waals surface area (Å²) in [7, 11) is 2.17. The lowest BCUT2D eigenvalue weighted by Crippen LogP contribution is -2.55. The molecule has 5 atom stereocenters. The zero-order valence-electron chi connectivity index (χ0n) is 26.7. The van der Waals surface area contributed by atoms with Crippen LogP contribution in [0.5, 0.6) is 0 Å². The second-order valence-corrected chi connectivity index (χ2v) is 15.2. The molecular formula is C33H41N9O3S. The molecule has 242 valence electrons. The normalized spacial score (nSPS) is 28.8.